The molecule has 2 aliphatic rings. The van der Waals surface area contributed by atoms with Crippen LogP contribution in [0.15, 0.2) is 29.6 Å². The van der Waals surface area contributed by atoms with Crippen molar-refractivity contribution in [1.82, 2.24) is 25.4 Å². The largest absolute Gasteiger partial charge is 0.497 e. The quantitative estimate of drug-likeness (QED) is 0.542. The number of aromatic nitrogens is 1. The second-order valence-corrected chi connectivity index (χ2v) is 9.22. The summed E-state index contributed by atoms with van der Waals surface area (Å²) < 4.78 is 5.16. The summed E-state index contributed by atoms with van der Waals surface area (Å²) in [5.74, 6) is 0.395. The standard InChI is InChI=1S/C23H30N6O4S/c1-33-17-7-5-16(6-8-17)25-23-27-19(15-34-23)22(32)29-12-10-28(11-13-29)14-20(30)26-18-4-2-3-9-24-21(18)31/h5-8,15,18H,2-4,9-14H2,1H3,(H,24,31)(H,25,27)(H,26,30)/t18-/m1/s1. The van der Waals surface area contributed by atoms with Crippen LogP contribution in [0, 0.1) is 0 Å². The van der Waals surface area contributed by atoms with Crippen LogP contribution < -0.4 is 20.7 Å². The zero-order valence-corrected chi connectivity index (χ0v) is 20.0. The van der Waals surface area contributed by atoms with Gasteiger partial charge in [0, 0.05) is 43.8 Å². The van der Waals surface area contributed by atoms with Gasteiger partial charge in [0.25, 0.3) is 5.91 Å². The minimum absolute atomic E-state index is 0.106. The third-order valence-electron chi connectivity index (χ3n) is 5.96. The van der Waals surface area contributed by atoms with Crippen LogP contribution in [-0.2, 0) is 9.59 Å². The van der Waals surface area contributed by atoms with Crippen LogP contribution in [0.1, 0.15) is 29.8 Å². The summed E-state index contributed by atoms with van der Waals surface area (Å²) in [5, 5.41) is 11.3. The van der Waals surface area contributed by atoms with Crippen LogP contribution in [-0.4, -0.2) is 84.9 Å². The summed E-state index contributed by atoms with van der Waals surface area (Å²) in [5.41, 5.74) is 1.27. The fourth-order valence-corrected chi connectivity index (χ4v) is 4.72. The van der Waals surface area contributed by atoms with E-state index in [2.05, 4.69) is 20.9 Å². The van der Waals surface area contributed by atoms with E-state index >= 15 is 0 Å². The van der Waals surface area contributed by atoms with Gasteiger partial charge >= 0.3 is 0 Å². The first-order chi connectivity index (χ1) is 16.5. The molecule has 2 fully saturated rings. The van der Waals surface area contributed by atoms with Gasteiger partial charge in [0.1, 0.15) is 17.5 Å². The number of piperazine rings is 1. The molecule has 0 bridgehead atoms. The van der Waals surface area contributed by atoms with E-state index in [1.54, 1.807) is 17.4 Å². The highest BCUT2D eigenvalue weighted by Crippen LogP contribution is 2.23. The highest BCUT2D eigenvalue weighted by molar-refractivity contribution is 7.14. The van der Waals surface area contributed by atoms with Gasteiger partial charge < -0.3 is 25.6 Å². The summed E-state index contributed by atoms with van der Waals surface area (Å²) in [6.45, 7) is 3.12. The van der Waals surface area contributed by atoms with Crippen molar-refractivity contribution in [3.05, 3.63) is 35.3 Å². The number of methoxy groups -OCH3 is 1. The van der Waals surface area contributed by atoms with E-state index in [1.807, 2.05) is 29.2 Å². The number of anilines is 2. The average molecular weight is 487 g/mol. The number of thiazole rings is 1. The minimum atomic E-state index is -0.455. The average Bonchev–Trinajstić information content (AvgIpc) is 3.22. The van der Waals surface area contributed by atoms with Crippen LogP contribution >= 0.6 is 11.3 Å². The maximum absolute atomic E-state index is 12.9. The van der Waals surface area contributed by atoms with Crippen molar-refractivity contribution in [2.24, 2.45) is 0 Å². The van der Waals surface area contributed by atoms with Gasteiger partial charge in [-0.3, -0.25) is 19.3 Å². The van der Waals surface area contributed by atoms with Crippen LogP contribution in [0.25, 0.3) is 0 Å². The molecule has 4 rings (SSSR count). The third kappa shape index (κ3) is 6.23. The number of nitrogens with zero attached hydrogens (tertiary/aromatic N) is 3. The monoisotopic (exact) mass is 486 g/mol. The van der Waals surface area contributed by atoms with Crippen LogP contribution in [0.5, 0.6) is 5.75 Å². The first kappa shape index (κ1) is 24.0. The topological polar surface area (TPSA) is 116 Å². The van der Waals surface area contributed by atoms with Gasteiger partial charge in [0.15, 0.2) is 5.13 Å². The number of hydrogen-bond acceptors (Lipinski definition) is 8. The fraction of sp³-hybridized carbons (Fsp3) is 0.478. The predicted octanol–water partition coefficient (Wildman–Crippen LogP) is 1.44. The number of amides is 3. The SMILES string of the molecule is COc1ccc(Nc2nc(C(=O)N3CCN(CC(=O)N[C@@H]4CCCCNC4=O)CC3)cs2)cc1. The maximum Gasteiger partial charge on any atom is 0.273 e. The fourth-order valence-electron chi connectivity index (χ4n) is 4.02. The number of rotatable bonds is 7. The van der Waals surface area contributed by atoms with Gasteiger partial charge in [-0.25, -0.2) is 4.98 Å². The molecule has 0 aliphatic carbocycles. The van der Waals surface area contributed by atoms with E-state index in [0.29, 0.717) is 50.0 Å². The molecule has 2 aromatic rings. The molecule has 0 spiro atoms. The molecule has 34 heavy (non-hydrogen) atoms. The second kappa shape index (κ2) is 11.3. The Kier molecular flexibility index (Phi) is 7.96. The Hall–Kier alpha value is -3.18. The molecular formula is C23H30N6O4S. The van der Waals surface area contributed by atoms with Crippen molar-refractivity contribution in [2.75, 3.05) is 51.7 Å². The van der Waals surface area contributed by atoms with Gasteiger partial charge in [-0.2, -0.15) is 0 Å². The highest BCUT2D eigenvalue weighted by atomic mass is 32.1. The van der Waals surface area contributed by atoms with Gasteiger partial charge in [0.05, 0.1) is 13.7 Å². The lowest BCUT2D eigenvalue weighted by Gasteiger charge is -2.34. The molecular weight excluding hydrogens is 456 g/mol. The minimum Gasteiger partial charge on any atom is -0.497 e. The molecule has 10 nitrogen and oxygen atoms in total. The van der Waals surface area contributed by atoms with Crippen LogP contribution in [0.4, 0.5) is 10.8 Å². The lowest BCUT2D eigenvalue weighted by atomic mass is 10.1. The van der Waals surface area contributed by atoms with Crippen molar-refractivity contribution in [2.45, 2.75) is 25.3 Å². The van der Waals surface area contributed by atoms with Crippen molar-refractivity contribution < 1.29 is 19.1 Å². The zero-order chi connectivity index (χ0) is 23.9. The normalized spacial score (nSPS) is 19.1. The number of carbonyl (C=O) groups is 3. The molecule has 3 amide bonds. The molecule has 3 N–H and O–H groups in total. The van der Waals surface area contributed by atoms with Crippen LogP contribution in [0.3, 0.4) is 0 Å². The summed E-state index contributed by atoms with van der Waals surface area (Å²) in [4.78, 5) is 45.6. The van der Waals surface area contributed by atoms with E-state index in [9.17, 15) is 14.4 Å². The van der Waals surface area contributed by atoms with Crippen molar-refractivity contribution in [3.8, 4) is 5.75 Å². The summed E-state index contributed by atoms with van der Waals surface area (Å²) in [6.07, 6.45) is 2.52. The Morgan fingerprint density at radius 1 is 1.18 bits per heavy atom. The molecule has 1 atom stereocenters. The lowest BCUT2D eigenvalue weighted by Crippen LogP contribution is -2.53. The zero-order valence-electron chi connectivity index (χ0n) is 19.2. The summed E-state index contributed by atoms with van der Waals surface area (Å²) in [6, 6.07) is 7.03. The molecule has 182 valence electrons. The second-order valence-electron chi connectivity index (χ2n) is 8.37. The molecule has 1 aromatic carbocycles. The van der Waals surface area contributed by atoms with E-state index in [1.165, 1.54) is 11.3 Å². The number of nitrogens with one attached hydrogen (secondary N) is 3. The summed E-state index contributed by atoms with van der Waals surface area (Å²) >= 11 is 1.38. The Morgan fingerprint density at radius 3 is 2.68 bits per heavy atom. The van der Waals surface area contributed by atoms with Gasteiger partial charge in [0.2, 0.25) is 11.8 Å². The van der Waals surface area contributed by atoms with E-state index in [4.69, 9.17) is 4.74 Å². The Balaban J connectivity index is 1.23. The molecule has 0 saturated carbocycles. The van der Waals surface area contributed by atoms with Crippen molar-refractivity contribution in [3.63, 3.8) is 0 Å². The molecule has 11 heteroatoms. The number of benzene rings is 1. The van der Waals surface area contributed by atoms with Gasteiger partial charge in [-0.1, -0.05) is 0 Å². The molecule has 3 heterocycles. The number of ether oxygens (including phenoxy) is 1. The lowest BCUT2D eigenvalue weighted by molar-refractivity contribution is -0.129. The maximum atomic E-state index is 12.9. The van der Waals surface area contributed by atoms with E-state index in [0.717, 1.165) is 24.3 Å². The number of carbonyl (C=O) groups excluding carboxylic acids is 3. The van der Waals surface area contributed by atoms with Gasteiger partial charge in [-0.15, -0.1) is 11.3 Å². The van der Waals surface area contributed by atoms with E-state index in [-0.39, 0.29) is 24.3 Å². The summed E-state index contributed by atoms with van der Waals surface area (Å²) in [7, 11) is 1.62. The van der Waals surface area contributed by atoms with Crippen molar-refractivity contribution >= 4 is 39.9 Å². The third-order valence-corrected chi connectivity index (χ3v) is 6.72. The van der Waals surface area contributed by atoms with Crippen LogP contribution in [0.2, 0.25) is 0 Å². The van der Waals surface area contributed by atoms with E-state index < -0.39 is 6.04 Å². The number of hydrogen-bond donors (Lipinski definition) is 3. The smallest absolute Gasteiger partial charge is 0.273 e. The first-order valence-electron chi connectivity index (χ1n) is 11.5. The van der Waals surface area contributed by atoms with Gasteiger partial charge in [-0.05, 0) is 43.5 Å². The first-order valence-corrected chi connectivity index (χ1v) is 12.3. The Bertz CT molecular complexity index is 1000. The Labute approximate surface area is 202 Å². The predicted molar refractivity (Wildman–Crippen MR) is 130 cm³/mol. The molecule has 0 unspecified atom stereocenters. The van der Waals surface area contributed by atoms with Crippen molar-refractivity contribution in [1.29, 1.82) is 0 Å². The molecule has 0 radical (unpaired) electrons. The highest BCUT2D eigenvalue weighted by Gasteiger charge is 2.27. The molecule has 2 aliphatic heterocycles. The Morgan fingerprint density at radius 2 is 1.94 bits per heavy atom. The molecule has 2 saturated heterocycles. The molecule has 1 aromatic heterocycles.